The van der Waals surface area contributed by atoms with Crippen LogP contribution in [0.3, 0.4) is 0 Å². The van der Waals surface area contributed by atoms with E-state index in [2.05, 4.69) is 22.5 Å². The molecule has 0 saturated carbocycles. The predicted molar refractivity (Wildman–Crippen MR) is 51.0 cm³/mol. The molecule has 0 fully saturated rings. The Morgan fingerprint density at radius 3 is 3.08 bits per heavy atom. The van der Waals surface area contributed by atoms with Crippen molar-refractivity contribution in [2.45, 2.75) is 33.2 Å². The van der Waals surface area contributed by atoms with Gasteiger partial charge in [0.25, 0.3) is 0 Å². The van der Waals surface area contributed by atoms with Crippen LogP contribution < -0.4 is 0 Å². The summed E-state index contributed by atoms with van der Waals surface area (Å²) in [7, 11) is 0. The minimum absolute atomic E-state index is 0.0600. The van der Waals surface area contributed by atoms with Crippen molar-refractivity contribution in [3.8, 4) is 6.07 Å². The zero-order valence-electron chi connectivity index (χ0n) is 8.20. The molecule has 1 heterocycles. The molecule has 0 N–H and O–H groups in total. The topological polar surface area (TPSA) is 41.6 Å². The van der Waals surface area contributed by atoms with Gasteiger partial charge in [0.1, 0.15) is 5.82 Å². The number of aryl methyl sites for hydroxylation is 1. The lowest BCUT2D eigenvalue weighted by molar-refractivity contribution is 0.554. The Balaban J connectivity index is 2.66. The van der Waals surface area contributed by atoms with E-state index in [-0.39, 0.29) is 5.92 Å². The Labute approximate surface area is 79.0 Å². The summed E-state index contributed by atoms with van der Waals surface area (Å²) in [5.74, 6) is 1.15. The molecular weight excluding hydrogens is 162 g/mol. The largest absolute Gasteiger partial charge is 0.334 e. The maximum absolute atomic E-state index is 8.67. The lowest BCUT2D eigenvalue weighted by Crippen LogP contribution is -2.08. The summed E-state index contributed by atoms with van der Waals surface area (Å²) < 4.78 is 2.07. The molecule has 0 spiro atoms. The molecule has 0 aliphatic rings. The van der Waals surface area contributed by atoms with Crippen molar-refractivity contribution >= 4 is 0 Å². The lowest BCUT2D eigenvalue weighted by atomic mass is 10.2. The summed E-state index contributed by atoms with van der Waals surface area (Å²) in [5.41, 5.74) is 0. The maximum Gasteiger partial charge on any atom is 0.108 e. The molecule has 70 valence electrons. The third kappa shape index (κ3) is 2.59. The Hall–Kier alpha value is -1.30. The fraction of sp³-hybridized carbons (Fsp3) is 0.600. The molecule has 0 radical (unpaired) electrons. The van der Waals surface area contributed by atoms with Gasteiger partial charge in [-0.2, -0.15) is 5.26 Å². The molecule has 0 aliphatic heterocycles. The van der Waals surface area contributed by atoms with E-state index >= 15 is 0 Å². The summed E-state index contributed by atoms with van der Waals surface area (Å²) in [6.45, 7) is 4.81. The molecular formula is C10H15N3. The molecule has 0 aromatic carbocycles. The van der Waals surface area contributed by atoms with Crippen LogP contribution in [0.4, 0.5) is 0 Å². The van der Waals surface area contributed by atoms with Gasteiger partial charge in [-0.1, -0.05) is 6.92 Å². The summed E-state index contributed by atoms with van der Waals surface area (Å²) in [5, 5.41) is 8.67. The molecule has 3 nitrogen and oxygen atoms in total. The average Bonchev–Trinajstić information content (AvgIpc) is 2.54. The second-order valence-corrected chi connectivity index (χ2v) is 3.28. The first-order chi connectivity index (χ1) is 6.27. The molecule has 1 aromatic heterocycles. The molecule has 3 heteroatoms. The molecule has 0 bridgehead atoms. The lowest BCUT2D eigenvalue weighted by Gasteiger charge is -2.07. The smallest absolute Gasteiger partial charge is 0.108 e. The van der Waals surface area contributed by atoms with Crippen LogP contribution in [0.15, 0.2) is 12.4 Å². The first kappa shape index (κ1) is 9.79. The van der Waals surface area contributed by atoms with Crippen LogP contribution in [0, 0.1) is 17.2 Å². The van der Waals surface area contributed by atoms with Gasteiger partial charge < -0.3 is 4.57 Å². The molecule has 0 amide bonds. The highest BCUT2D eigenvalue weighted by atomic mass is 15.1. The third-order valence-corrected chi connectivity index (χ3v) is 1.97. The molecule has 1 atom stereocenters. The SMILES string of the molecule is CCCc1nccn1CC(C)C#N. The molecule has 1 aromatic rings. The number of aromatic nitrogens is 2. The second-order valence-electron chi connectivity index (χ2n) is 3.28. The average molecular weight is 177 g/mol. The molecule has 1 unspecified atom stereocenters. The molecule has 0 aliphatic carbocycles. The Morgan fingerprint density at radius 1 is 1.69 bits per heavy atom. The molecule has 1 rings (SSSR count). The van der Waals surface area contributed by atoms with Crippen LogP contribution in [0.5, 0.6) is 0 Å². The fourth-order valence-corrected chi connectivity index (χ4v) is 1.29. The van der Waals surface area contributed by atoms with Gasteiger partial charge in [-0.3, -0.25) is 0 Å². The monoisotopic (exact) mass is 177 g/mol. The van der Waals surface area contributed by atoms with Crippen molar-refractivity contribution in [2.75, 3.05) is 0 Å². The van der Waals surface area contributed by atoms with E-state index in [4.69, 9.17) is 5.26 Å². The van der Waals surface area contributed by atoms with Crippen molar-refractivity contribution in [2.24, 2.45) is 5.92 Å². The summed E-state index contributed by atoms with van der Waals surface area (Å²) in [6, 6.07) is 2.22. The van der Waals surface area contributed by atoms with Gasteiger partial charge in [0.2, 0.25) is 0 Å². The van der Waals surface area contributed by atoms with Gasteiger partial charge in [-0.25, -0.2) is 4.98 Å². The Kier molecular flexibility index (Phi) is 3.51. The number of imidazole rings is 1. The van der Waals surface area contributed by atoms with Crippen LogP contribution >= 0.6 is 0 Å². The second kappa shape index (κ2) is 4.66. The van der Waals surface area contributed by atoms with Gasteiger partial charge in [0.15, 0.2) is 0 Å². The van der Waals surface area contributed by atoms with Gasteiger partial charge in [0, 0.05) is 25.4 Å². The summed E-state index contributed by atoms with van der Waals surface area (Å²) in [4.78, 5) is 4.25. The number of hydrogen-bond donors (Lipinski definition) is 0. The highest BCUT2D eigenvalue weighted by molar-refractivity contribution is 4.94. The fourth-order valence-electron chi connectivity index (χ4n) is 1.29. The van der Waals surface area contributed by atoms with Crippen molar-refractivity contribution in [3.05, 3.63) is 18.2 Å². The van der Waals surface area contributed by atoms with Gasteiger partial charge in [-0.05, 0) is 13.3 Å². The van der Waals surface area contributed by atoms with Crippen molar-refractivity contribution in [1.82, 2.24) is 9.55 Å². The van der Waals surface area contributed by atoms with Crippen molar-refractivity contribution < 1.29 is 0 Å². The zero-order chi connectivity index (χ0) is 9.68. The molecule has 13 heavy (non-hydrogen) atoms. The first-order valence-electron chi connectivity index (χ1n) is 4.67. The van der Waals surface area contributed by atoms with Crippen LogP contribution in [-0.4, -0.2) is 9.55 Å². The number of rotatable bonds is 4. The third-order valence-electron chi connectivity index (χ3n) is 1.97. The van der Waals surface area contributed by atoms with Crippen LogP contribution in [0.2, 0.25) is 0 Å². The normalized spacial score (nSPS) is 12.4. The van der Waals surface area contributed by atoms with Crippen LogP contribution in [-0.2, 0) is 13.0 Å². The Morgan fingerprint density at radius 2 is 2.46 bits per heavy atom. The predicted octanol–water partition coefficient (Wildman–Crippen LogP) is 2.00. The van der Waals surface area contributed by atoms with Crippen molar-refractivity contribution in [1.29, 1.82) is 5.26 Å². The van der Waals surface area contributed by atoms with Gasteiger partial charge in [0.05, 0.1) is 12.0 Å². The molecule has 0 saturated heterocycles. The minimum Gasteiger partial charge on any atom is -0.334 e. The standard InChI is InChI=1S/C10H15N3/c1-3-4-10-12-5-6-13(10)8-9(2)7-11/h5-6,9H,3-4,8H2,1-2H3. The Bertz CT molecular complexity index is 295. The van der Waals surface area contributed by atoms with Gasteiger partial charge in [-0.15, -0.1) is 0 Å². The zero-order valence-corrected chi connectivity index (χ0v) is 8.20. The quantitative estimate of drug-likeness (QED) is 0.705. The van der Waals surface area contributed by atoms with E-state index in [0.29, 0.717) is 0 Å². The number of nitrogens with zero attached hydrogens (tertiary/aromatic N) is 3. The summed E-state index contributed by atoms with van der Waals surface area (Å²) >= 11 is 0. The van der Waals surface area contributed by atoms with E-state index in [9.17, 15) is 0 Å². The highest BCUT2D eigenvalue weighted by Gasteiger charge is 2.05. The highest BCUT2D eigenvalue weighted by Crippen LogP contribution is 2.05. The van der Waals surface area contributed by atoms with E-state index in [1.54, 1.807) is 6.20 Å². The van der Waals surface area contributed by atoms with Gasteiger partial charge >= 0.3 is 0 Å². The van der Waals surface area contributed by atoms with E-state index in [0.717, 1.165) is 25.2 Å². The first-order valence-corrected chi connectivity index (χ1v) is 4.67. The number of nitriles is 1. The number of hydrogen-bond acceptors (Lipinski definition) is 2. The minimum atomic E-state index is 0.0600. The van der Waals surface area contributed by atoms with Crippen LogP contribution in [0.1, 0.15) is 26.1 Å². The summed E-state index contributed by atoms with van der Waals surface area (Å²) in [6.07, 6.45) is 5.83. The van der Waals surface area contributed by atoms with E-state index in [1.165, 1.54) is 0 Å². The van der Waals surface area contributed by atoms with E-state index < -0.39 is 0 Å². The maximum atomic E-state index is 8.67. The van der Waals surface area contributed by atoms with Crippen molar-refractivity contribution in [3.63, 3.8) is 0 Å². The van der Waals surface area contributed by atoms with E-state index in [1.807, 2.05) is 13.1 Å². The van der Waals surface area contributed by atoms with Crippen LogP contribution in [0.25, 0.3) is 0 Å².